The van der Waals surface area contributed by atoms with Gasteiger partial charge in [0, 0.05) is 24.7 Å². The second-order valence-electron chi connectivity index (χ2n) is 6.15. The van der Waals surface area contributed by atoms with E-state index < -0.39 is 23.3 Å². The minimum atomic E-state index is -4.48. The Kier molecular flexibility index (Phi) is 4.40. The number of rotatable bonds is 2. The lowest BCUT2D eigenvalue weighted by Crippen LogP contribution is -2.41. The number of carbonyl (C=O) groups is 1. The number of nitrogens with zero attached hydrogens (tertiary/aromatic N) is 2. The third kappa shape index (κ3) is 3.59. The molecule has 134 valence electrons. The molecular formula is C16H17F3N4O2. The lowest BCUT2D eigenvalue weighted by atomic mass is 9.97. The number of imidazole rings is 1. The van der Waals surface area contributed by atoms with E-state index in [1.54, 1.807) is 13.0 Å². The van der Waals surface area contributed by atoms with Crippen molar-refractivity contribution in [3.8, 4) is 0 Å². The van der Waals surface area contributed by atoms with Crippen LogP contribution in [-0.2, 0) is 6.18 Å². The molecule has 1 saturated heterocycles. The number of alkyl halides is 3. The molecule has 0 radical (unpaired) electrons. The van der Waals surface area contributed by atoms with Gasteiger partial charge < -0.3 is 14.9 Å². The van der Waals surface area contributed by atoms with Crippen molar-refractivity contribution in [1.82, 2.24) is 19.9 Å². The Morgan fingerprint density at radius 3 is 2.72 bits per heavy atom. The summed E-state index contributed by atoms with van der Waals surface area (Å²) < 4.78 is 38.1. The third-order valence-corrected chi connectivity index (χ3v) is 4.28. The van der Waals surface area contributed by atoms with Gasteiger partial charge in [0.2, 0.25) is 0 Å². The highest BCUT2D eigenvalue weighted by Crippen LogP contribution is 2.31. The number of H-pyrrole nitrogens is 2. The number of likely N-dealkylation sites (tertiary alicyclic amines) is 1. The van der Waals surface area contributed by atoms with E-state index in [0.29, 0.717) is 25.1 Å². The van der Waals surface area contributed by atoms with Crippen LogP contribution in [0.1, 0.15) is 46.3 Å². The highest BCUT2D eigenvalue weighted by Gasteiger charge is 2.35. The molecule has 1 amide bonds. The largest absolute Gasteiger partial charge is 0.432 e. The van der Waals surface area contributed by atoms with Gasteiger partial charge in [0.15, 0.2) is 0 Å². The molecule has 9 heteroatoms. The quantitative estimate of drug-likeness (QED) is 0.869. The maximum absolute atomic E-state index is 12.7. The summed E-state index contributed by atoms with van der Waals surface area (Å²) in [5.41, 5.74) is -0.694. The van der Waals surface area contributed by atoms with Crippen LogP contribution in [-0.4, -0.2) is 38.8 Å². The zero-order chi connectivity index (χ0) is 18.2. The summed E-state index contributed by atoms with van der Waals surface area (Å²) >= 11 is 0. The molecule has 0 aliphatic carbocycles. The first-order chi connectivity index (χ1) is 11.8. The third-order valence-electron chi connectivity index (χ3n) is 4.28. The van der Waals surface area contributed by atoms with Crippen molar-refractivity contribution in [2.75, 3.05) is 13.1 Å². The Labute approximate surface area is 141 Å². The number of aromatic amines is 2. The van der Waals surface area contributed by atoms with Crippen LogP contribution in [0.25, 0.3) is 0 Å². The highest BCUT2D eigenvalue weighted by atomic mass is 19.4. The Morgan fingerprint density at radius 1 is 1.32 bits per heavy atom. The minimum Gasteiger partial charge on any atom is -0.338 e. The molecule has 1 fully saturated rings. The van der Waals surface area contributed by atoms with Gasteiger partial charge >= 0.3 is 6.18 Å². The van der Waals surface area contributed by atoms with E-state index in [2.05, 4.69) is 15.0 Å². The Hall–Kier alpha value is -2.58. The van der Waals surface area contributed by atoms with E-state index in [4.69, 9.17) is 0 Å². The molecular weight excluding hydrogens is 337 g/mol. The molecule has 1 aliphatic rings. The van der Waals surface area contributed by atoms with Crippen LogP contribution in [0, 0.1) is 6.92 Å². The second kappa shape index (κ2) is 6.38. The van der Waals surface area contributed by atoms with Gasteiger partial charge in [0.05, 0.1) is 6.20 Å². The van der Waals surface area contributed by atoms with Gasteiger partial charge in [-0.25, -0.2) is 4.98 Å². The van der Waals surface area contributed by atoms with Crippen molar-refractivity contribution < 1.29 is 18.0 Å². The van der Waals surface area contributed by atoms with Crippen molar-refractivity contribution in [3.05, 3.63) is 51.5 Å². The molecule has 0 aromatic carbocycles. The fourth-order valence-electron chi connectivity index (χ4n) is 2.98. The monoisotopic (exact) mass is 354 g/mol. The summed E-state index contributed by atoms with van der Waals surface area (Å²) in [7, 11) is 0. The SMILES string of the molecule is Cc1ccc(C(=O)N2CCCC(c3ncc(C(F)(F)F)[nH]3)C2)c(=O)[nH]1. The summed E-state index contributed by atoms with van der Waals surface area (Å²) in [6, 6.07) is 3.10. The van der Waals surface area contributed by atoms with E-state index in [9.17, 15) is 22.8 Å². The van der Waals surface area contributed by atoms with Crippen LogP contribution >= 0.6 is 0 Å². The van der Waals surface area contributed by atoms with Crippen molar-refractivity contribution in [2.45, 2.75) is 31.9 Å². The summed E-state index contributed by atoms with van der Waals surface area (Å²) in [5.74, 6) is -0.533. The van der Waals surface area contributed by atoms with E-state index in [1.165, 1.54) is 11.0 Å². The number of nitrogens with one attached hydrogen (secondary N) is 2. The number of hydrogen-bond donors (Lipinski definition) is 2. The molecule has 3 heterocycles. The number of halogens is 3. The highest BCUT2D eigenvalue weighted by molar-refractivity contribution is 5.93. The number of hydrogen-bond acceptors (Lipinski definition) is 3. The van der Waals surface area contributed by atoms with Crippen LogP contribution in [0.5, 0.6) is 0 Å². The number of amides is 1. The Bertz CT molecular complexity index is 840. The lowest BCUT2D eigenvalue weighted by molar-refractivity contribution is -0.141. The van der Waals surface area contributed by atoms with Crippen molar-refractivity contribution in [2.24, 2.45) is 0 Å². The molecule has 2 aromatic heterocycles. The molecule has 0 saturated carbocycles. The number of carbonyl (C=O) groups excluding carboxylic acids is 1. The van der Waals surface area contributed by atoms with Gasteiger partial charge in [-0.2, -0.15) is 13.2 Å². The number of aromatic nitrogens is 3. The molecule has 1 aliphatic heterocycles. The average molecular weight is 354 g/mol. The molecule has 2 aromatic rings. The summed E-state index contributed by atoms with van der Waals surface area (Å²) in [5, 5.41) is 0. The normalized spacial score (nSPS) is 18.4. The molecule has 0 bridgehead atoms. The van der Waals surface area contributed by atoms with Crippen molar-refractivity contribution in [1.29, 1.82) is 0 Å². The van der Waals surface area contributed by atoms with Crippen LogP contribution in [0.3, 0.4) is 0 Å². The fourth-order valence-corrected chi connectivity index (χ4v) is 2.98. The zero-order valence-corrected chi connectivity index (χ0v) is 13.5. The Morgan fingerprint density at radius 2 is 2.08 bits per heavy atom. The maximum atomic E-state index is 12.7. The summed E-state index contributed by atoms with van der Waals surface area (Å²) in [6.45, 7) is 2.38. The lowest BCUT2D eigenvalue weighted by Gasteiger charge is -2.31. The van der Waals surface area contributed by atoms with E-state index in [-0.39, 0.29) is 23.9 Å². The Balaban J connectivity index is 1.78. The van der Waals surface area contributed by atoms with Crippen LogP contribution < -0.4 is 5.56 Å². The molecule has 1 unspecified atom stereocenters. The first-order valence-electron chi connectivity index (χ1n) is 7.87. The van der Waals surface area contributed by atoms with Crippen LogP contribution in [0.2, 0.25) is 0 Å². The van der Waals surface area contributed by atoms with E-state index >= 15 is 0 Å². The molecule has 6 nitrogen and oxygen atoms in total. The van der Waals surface area contributed by atoms with Gasteiger partial charge in [-0.15, -0.1) is 0 Å². The summed E-state index contributed by atoms with van der Waals surface area (Å²) in [6.07, 6.45) is -2.47. The molecule has 25 heavy (non-hydrogen) atoms. The van der Waals surface area contributed by atoms with Gasteiger partial charge in [-0.05, 0) is 31.9 Å². The van der Waals surface area contributed by atoms with Crippen molar-refractivity contribution in [3.63, 3.8) is 0 Å². The molecule has 3 rings (SSSR count). The first kappa shape index (κ1) is 17.2. The standard InChI is InChI=1S/C16H17F3N4O2/c1-9-4-5-11(14(24)21-9)15(25)23-6-2-3-10(8-23)13-20-7-12(22-13)16(17,18)19/h4-5,7,10H,2-3,6,8H2,1H3,(H,20,22)(H,21,24). The van der Waals surface area contributed by atoms with E-state index in [1.807, 2.05) is 0 Å². The smallest absolute Gasteiger partial charge is 0.338 e. The first-order valence-corrected chi connectivity index (χ1v) is 7.87. The van der Waals surface area contributed by atoms with Crippen molar-refractivity contribution >= 4 is 5.91 Å². The average Bonchev–Trinajstić information content (AvgIpc) is 3.05. The van der Waals surface area contributed by atoms with Crippen LogP contribution in [0.15, 0.2) is 23.1 Å². The van der Waals surface area contributed by atoms with Gasteiger partial charge in [-0.1, -0.05) is 0 Å². The van der Waals surface area contributed by atoms with Gasteiger partial charge in [0.25, 0.3) is 11.5 Å². The number of piperidine rings is 1. The van der Waals surface area contributed by atoms with E-state index in [0.717, 1.165) is 6.20 Å². The fraction of sp³-hybridized carbons (Fsp3) is 0.438. The van der Waals surface area contributed by atoms with Gasteiger partial charge in [-0.3, -0.25) is 9.59 Å². The predicted molar refractivity (Wildman–Crippen MR) is 83.3 cm³/mol. The van der Waals surface area contributed by atoms with Gasteiger partial charge in [0.1, 0.15) is 17.1 Å². The zero-order valence-electron chi connectivity index (χ0n) is 13.5. The topological polar surface area (TPSA) is 81.8 Å². The number of aryl methyl sites for hydroxylation is 1. The van der Waals surface area contributed by atoms with Crippen LogP contribution in [0.4, 0.5) is 13.2 Å². The molecule has 2 N–H and O–H groups in total. The predicted octanol–water partition coefficient (Wildman–Crippen LogP) is 2.45. The maximum Gasteiger partial charge on any atom is 0.432 e. The second-order valence-corrected chi connectivity index (χ2v) is 6.15. The molecule has 1 atom stereocenters. The molecule has 0 spiro atoms. The number of pyridine rings is 1. The minimum absolute atomic E-state index is 0.0293. The summed E-state index contributed by atoms with van der Waals surface area (Å²) in [4.78, 5) is 34.7.